The zero-order chi connectivity index (χ0) is 20.0. The van der Waals surface area contributed by atoms with Gasteiger partial charge < -0.3 is 14.2 Å². The average Bonchev–Trinajstić information content (AvgIpc) is 3.34. The minimum atomic E-state index is 0.0509. The Morgan fingerprint density at radius 2 is 1.83 bits per heavy atom. The fourth-order valence-electron chi connectivity index (χ4n) is 4.08. The molecule has 2 aromatic heterocycles. The normalized spacial score (nSPS) is 13.5. The Labute approximate surface area is 168 Å². The van der Waals surface area contributed by atoms with E-state index >= 15 is 0 Å². The highest BCUT2D eigenvalue weighted by atomic mass is 16.5. The molecule has 0 N–H and O–H groups in total. The van der Waals surface area contributed by atoms with Crippen LogP contribution in [0.1, 0.15) is 16.2 Å². The predicted octanol–water partition coefficient (Wildman–Crippen LogP) is 3.71. The third-order valence-electron chi connectivity index (χ3n) is 5.64. The number of carbonyl (C=O) groups excluding carboxylic acids is 1. The van der Waals surface area contributed by atoms with Crippen molar-refractivity contribution in [2.75, 3.05) is 13.7 Å². The zero-order valence-electron chi connectivity index (χ0n) is 16.5. The molecule has 6 heteroatoms. The first-order valence-electron chi connectivity index (χ1n) is 9.69. The maximum Gasteiger partial charge on any atom is 0.270 e. The summed E-state index contributed by atoms with van der Waals surface area (Å²) >= 11 is 0. The van der Waals surface area contributed by atoms with Crippen molar-refractivity contribution < 1.29 is 9.53 Å². The molecule has 0 bridgehead atoms. The summed E-state index contributed by atoms with van der Waals surface area (Å²) < 4.78 is 9.44. The monoisotopic (exact) mass is 386 g/mol. The Hall–Kier alpha value is -3.54. The summed E-state index contributed by atoms with van der Waals surface area (Å²) in [5.41, 5.74) is 4.64. The number of methoxy groups -OCH3 is 1. The number of fused-ring (bicyclic) bond motifs is 2. The number of aromatic nitrogens is 3. The highest BCUT2D eigenvalue weighted by molar-refractivity contribution is 5.98. The van der Waals surface area contributed by atoms with Crippen molar-refractivity contribution in [2.24, 2.45) is 7.05 Å². The Kier molecular flexibility index (Phi) is 4.12. The van der Waals surface area contributed by atoms with E-state index in [1.165, 1.54) is 0 Å². The number of nitrogens with zero attached hydrogens (tertiary/aromatic N) is 4. The highest BCUT2D eigenvalue weighted by Gasteiger charge is 2.26. The second-order valence-corrected chi connectivity index (χ2v) is 7.32. The molecule has 0 saturated carbocycles. The fourth-order valence-corrected chi connectivity index (χ4v) is 4.08. The van der Waals surface area contributed by atoms with Gasteiger partial charge in [-0.2, -0.15) is 5.10 Å². The van der Waals surface area contributed by atoms with Crippen LogP contribution in [-0.2, 0) is 20.1 Å². The van der Waals surface area contributed by atoms with E-state index in [0.29, 0.717) is 25.3 Å². The standard InChI is InChI=1S/C23H22N4O2/c1-25-20-9-5-3-7-16(20)13-21(25)23(28)26-11-12-27-17(15-26)14-19(24-27)18-8-4-6-10-22(18)29-2/h3-10,13-14H,11-12,15H2,1-2H3. The first-order valence-corrected chi connectivity index (χ1v) is 9.69. The molecule has 0 radical (unpaired) electrons. The molecular formula is C23H22N4O2. The van der Waals surface area contributed by atoms with Crippen LogP contribution < -0.4 is 4.74 Å². The van der Waals surface area contributed by atoms with Gasteiger partial charge in [0.1, 0.15) is 11.4 Å². The Morgan fingerprint density at radius 3 is 2.66 bits per heavy atom. The molecule has 0 spiro atoms. The van der Waals surface area contributed by atoms with Gasteiger partial charge in [-0.05, 0) is 30.3 Å². The largest absolute Gasteiger partial charge is 0.496 e. The van der Waals surface area contributed by atoms with Crippen LogP contribution in [0, 0.1) is 0 Å². The maximum absolute atomic E-state index is 13.2. The molecule has 1 amide bonds. The van der Waals surface area contributed by atoms with Gasteiger partial charge in [0.2, 0.25) is 0 Å². The van der Waals surface area contributed by atoms with Gasteiger partial charge in [0.25, 0.3) is 5.91 Å². The third-order valence-corrected chi connectivity index (χ3v) is 5.64. The first-order chi connectivity index (χ1) is 14.2. The summed E-state index contributed by atoms with van der Waals surface area (Å²) in [6.07, 6.45) is 0. The van der Waals surface area contributed by atoms with Gasteiger partial charge in [-0.15, -0.1) is 0 Å². The van der Waals surface area contributed by atoms with Crippen LogP contribution in [0.2, 0.25) is 0 Å². The van der Waals surface area contributed by atoms with Crippen molar-refractivity contribution in [3.8, 4) is 17.0 Å². The van der Waals surface area contributed by atoms with Gasteiger partial charge in [0, 0.05) is 30.1 Å². The highest BCUT2D eigenvalue weighted by Crippen LogP contribution is 2.30. The minimum absolute atomic E-state index is 0.0509. The van der Waals surface area contributed by atoms with Crippen LogP contribution in [0.15, 0.2) is 60.7 Å². The van der Waals surface area contributed by atoms with Crippen molar-refractivity contribution in [1.82, 2.24) is 19.2 Å². The second-order valence-electron chi connectivity index (χ2n) is 7.32. The van der Waals surface area contributed by atoms with Gasteiger partial charge in [-0.25, -0.2) is 0 Å². The van der Waals surface area contributed by atoms with E-state index in [4.69, 9.17) is 9.84 Å². The summed E-state index contributed by atoms with van der Waals surface area (Å²) in [6, 6.07) is 20.0. The van der Waals surface area contributed by atoms with Crippen LogP contribution in [-0.4, -0.2) is 38.8 Å². The van der Waals surface area contributed by atoms with E-state index in [1.807, 2.05) is 75.8 Å². The lowest BCUT2D eigenvalue weighted by Crippen LogP contribution is -2.39. The van der Waals surface area contributed by atoms with E-state index in [1.54, 1.807) is 7.11 Å². The van der Waals surface area contributed by atoms with Gasteiger partial charge >= 0.3 is 0 Å². The molecule has 29 heavy (non-hydrogen) atoms. The van der Waals surface area contributed by atoms with E-state index in [2.05, 4.69) is 6.07 Å². The van der Waals surface area contributed by atoms with Gasteiger partial charge in [-0.1, -0.05) is 30.3 Å². The van der Waals surface area contributed by atoms with E-state index in [-0.39, 0.29) is 5.91 Å². The topological polar surface area (TPSA) is 52.3 Å². The summed E-state index contributed by atoms with van der Waals surface area (Å²) in [6.45, 7) is 1.86. The van der Waals surface area contributed by atoms with Gasteiger partial charge in [-0.3, -0.25) is 9.48 Å². The molecule has 146 valence electrons. The molecular weight excluding hydrogens is 364 g/mol. The van der Waals surface area contributed by atoms with Crippen LogP contribution in [0.25, 0.3) is 22.2 Å². The quantitative estimate of drug-likeness (QED) is 0.539. The summed E-state index contributed by atoms with van der Waals surface area (Å²) in [7, 11) is 3.61. The lowest BCUT2D eigenvalue weighted by molar-refractivity contribution is 0.0697. The van der Waals surface area contributed by atoms with Crippen LogP contribution in [0.4, 0.5) is 0 Å². The van der Waals surface area contributed by atoms with Crippen molar-refractivity contribution in [1.29, 1.82) is 0 Å². The predicted molar refractivity (Wildman–Crippen MR) is 112 cm³/mol. The Morgan fingerprint density at radius 1 is 1.03 bits per heavy atom. The third kappa shape index (κ3) is 2.88. The molecule has 5 rings (SSSR count). The molecule has 1 aliphatic rings. The number of para-hydroxylation sites is 2. The maximum atomic E-state index is 13.2. The minimum Gasteiger partial charge on any atom is -0.496 e. The number of amides is 1. The van der Waals surface area contributed by atoms with Crippen molar-refractivity contribution >= 4 is 16.8 Å². The lowest BCUT2D eigenvalue weighted by Gasteiger charge is -2.27. The number of hydrogen-bond donors (Lipinski definition) is 0. The van der Waals surface area contributed by atoms with Crippen molar-refractivity contribution in [3.05, 3.63) is 72.1 Å². The summed E-state index contributed by atoms with van der Waals surface area (Å²) in [5, 5.41) is 5.82. The average molecular weight is 386 g/mol. The Bertz CT molecular complexity index is 1220. The SMILES string of the molecule is COc1ccccc1-c1cc2n(n1)CCN(C(=O)c1cc3ccccc3n1C)C2. The number of ether oxygens (including phenoxy) is 1. The van der Waals surface area contributed by atoms with Gasteiger partial charge in [0.05, 0.1) is 31.6 Å². The van der Waals surface area contributed by atoms with Crippen LogP contribution in [0.3, 0.4) is 0 Å². The van der Waals surface area contributed by atoms with E-state index < -0.39 is 0 Å². The first kappa shape index (κ1) is 17.6. The molecule has 0 fully saturated rings. The smallest absolute Gasteiger partial charge is 0.270 e. The fraction of sp³-hybridized carbons (Fsp3) is 0.217. The lowest BCUT2D eigenvalue weighted by atomic mass is 10.1. The molecule has 0 atom stereocenters. The molecule has 4 aromatic rings. The summed E-state index contributed by atoms with van der Waals surface area (Å²) in [5.74, 6) is 0.848. The number of carbonyl (C=O) groups is 1. The molecule has 3 heterocycles. The summed E-state index contributed by atoms with van der Waals surface area (Å²) in [4.78, 5) is 15.1. The molecule has 0 aliphatic carbocycles. The molecule has 2 aromatic carbocycles. The number of aryl methyl sites for hydroxylation is 1. The van der Waals surface area contributed by atoms with E-state index in [0.717, 1.165) is 33.6 Å². The van der Waals surface area contributed by atoms with E-state index in [9.17, 15) is 4.79 Å². The number of hydrogen-bond acceptors (Lipinski definition) is 3. The molecule has 1 aliphatic heterocycles. The number of rotatable bonds is 3. The van der Waals surface area contributed by atoms with Crippen molar-refractivity contribution in [2.45, 2.75) is 13.1 Å². The second kappa shape index (κ2) is 6.81. The van der Waals surface area contributed by atoms with Gasteiger partial charge in [0.15, 0.2) is 0 Å². The van der Waals surface area contributed by atoms with Crippen molar-refractivity contribution in [3.63, 3.8) is 0 Å². The Balaban J connectivity index is 1.44. The van der Waals surface area contributed by atoms with Crippen LogP contribution in [0.5, 0.6) is 5.75 Å². The number of benzene rings is 2. The molecule has 0 unspecified atom stereocenters. The molecule has 6 nitrogen and oxygen atoms in total. The van der Waals surface area contributed by atoms with Crippen LogP contribution >= 0.6 is 0 Å². The zero-order valence-corrected chi connectivity index (χ0v) is 16.5. The molecule has 0 saturated heterocycles.